The fraction of sp³-hybridized carbons (Fsp3) is 0.636. The topological polar surface area (TPSA) is 74.3 Å². The highest BCUT2D eigenvalue weighted by molar-refractivity contribution is 6.71. The molecule has 1 rings (SSSR count). The van der Waals surface area contributed by atoms with Gasteiger partial charge in [-0.05, 0) is 70.4 Å². The Kier molecular flexibility index (Phi) is 10.8. The quantitative estimate of drug-likeness (QED) is 0.362. The molecule has 0 saturated heterocycles. The Balaban J connectivity index is 3.23. The molecule has 0 amide bonds. The minimum Gasteiger partial charge on any atom is -0.520 e. The third-order valence-corrected chi connectivity index (χ3v) is 9.46. The van der Waals surface area contributed by atoms with Crippen LogP contribution in [0.25, 0.3) is 0 Å². The van der Waals surface area contributed by atoms with Gasteiger partial charge in [0.2, 0.25) is 16.6 Å². The van der Waals surface area contributed by atoms with Crippen molar-refractivity contribution in [2.45, 2.75) is 70.8 Å². The van der Waals surface area contributed by atoms with Crippen molar-refractivity contribution in [2.75, 3.05) is 25.7 Å². The molecule has 0 bridgehead atoms. The van der Waals surface area contributed by atoms with Crippen molar-refractivity contribution >= 4 is 42.8 Å². The third-order valence-electron chi connectivity index (χ3n) is 4.82. The molecule has 32 heavy (non-hydrogen) atoms. The van der Waals surface area contributed by atoms with Crippen LogP contribution in [0.3, 0.4) is 0 Å². The highest BCUT2D eigenvalue weighted by Gasteiger charge is 2.36. The second kappa shape index (κ2) is 12.1. The molecule has 10 heteroatoms. The fourth-order valence-electron chi connectivity index (χ4n) is 3.17. The summed E-state index contributed by atoms with van der Waals surface area (Å²) < 4.78 is 22.7. The largest absolute Gasteiger partial charge is 0.520 e. The average Bonchev–Trinajstić information content (AvgIpc) is 2.67. The molecule has 0 heterocycles. The predicted molar refractivity (Wildman–Crippen MR) is 136 cm³/mol. The third kappa shape index (κ3) is 10.4. The van der Waals surface area contributed by atoms with Crippen LogP contribution in [0.5, 0.6) is 0 Å². The van der Waals surface area contributed by atoms with E-state index in [1.807, 2.05) is 81.1 Å². The Morgan fingerprint density at radius 2 is 1.41 bits per heavy atom. The van der Waals surface area contributed by atoms with Crippen molar-refractivity contribution in [3.8, 4) is 0 Å². The molecule has 0 radical (unpaired) electrons. The Morgan fingerprint density at radius 1 is 0.875 bits per heavy atom. The van der Waals surface area contributed by atoms with Gasteiger partial charge in [0.15, 0.2) is 0 Å². The summed E-state index contributed by atoms with van der Waals surface area (Å²) in [6.07, 6.45) is 0.699. The molecule has 0 spiro atoms. The zero-order chi connectivity index (χ0) is 24.6. The first kappa shape index (κ1) is 28.6. The zero-order valence-electron chi connectivity index (χ0n) is 21.2. The van der Waals surface area contributed by atoms with E-state index in [1.165, 1.54) is 0 Å². The number of carbonyl (C=O) groups is 2. The number of hydrogen-bond acceptors (Lipinski definition) is 7. The SMILES string of the molecule is CO[Si](C)(CCCN(c1ccccc1)C(CC(=O)O[Si](C)(C)C)C(=O)O[Si](C)(C)C)OC. The zero-order valence-corrected chi connectivity index (χ0v) is 24.2. The van der Waals surface area contributed by atoms with Gasteiger partial charge in [-0.1, -0.05) is 18.2 Å². The second-order valence-electron chi connectivity index (χ2n) is 10.0. The lowest BCUT2D eigenvalue weighted by atomic mass is 10.1. The lowest BCUT2D eigenvalue weighted by Gasteiger charge is -2.35. The van der Waals surface area contributed by atoms with Gasteiger partial charge in [0.05, 0.1) is 6.42 Å². The number of rotatable bonds is 13. The van der Waals surface area contributed by atoms with E-state index in [2.05, 4.69) is 0 Å². The van der Waals surface area contributed by atoms with Crippen LogP contribution in [0.2, 0.25) is 51.9 Å². The van der Waals surface area contributed by atoms with Crippen LogP contribution in [0.4, 0.5) is 5.69 Å². The maximum absolute atomic E-state index is 13.3. The van der Waals surface area contributed by atoms with Gasteiger partial charge in [0.1, 0.15) is 6.04 Å². The molecule has 1 aromatic rings. The summed E-state index contributed by atoms with van der Waals surface area (Å²) in [6, 6.07) is 9.67. The van der Waals surface area contributed by atoms with E-state index in [0.29, 0.717) is 6.54 Å². The monoisotopic (exact) mass is 499 g/mol. The van der Waals surface area contributed by atoms with E-state index < -0.39 is 31.2 Å². The number of anilines is 1. The van der Waals surface area contributed by atoms with Crippen LogP contribution >= 0.6 is 0 Å². The maximum Gasteiger partial charge on any atom is 0.334 e. The van der Waals surface area contributed by atoms with Gasteiger partial charge in [-0.25, -0.2) is 0 Å². The second-order valence-corrected chi connectivity index (χ2v) is 22.5. The van der Waals surface area contributed by atoms with E-state index in [1.54, 1.807) is 14.2 Å². The molecule has 0 aliphatic rings. The lowest BCUT2D eigenvalue weighted by Crippen LogP contribution is -2.48. The van der Waals surface area contributed by atoms with Crippen molar-refractivity contribution in [2.24, 2.45) is 0 Å². The first-order chi connectivity index (χ1) is 14.7. The number of benzene rings is 1. The van der Waals surface area contributed by atoms with Gasteiger partial charge < -0.3 is 22.6 Å². The molecule has 0 aliphatic heterocycles. The first-order valence-electron chi connectivity index (χ1n) is 11.1. The minimum absolute atomic E-state index is 0.0499. The maximum atomic E-state index is 13.3. The van der Waals surface area contributed by atoms with Crippen LogP contribution in [0.15, 0.2) is 30.3 Å². The normalized spacial score (nSPS) is 13.4. The van der Waals surface area contributed by atoms with Crippen molar-refractivity contribution in [1.82, 2.24) is 0 Å². The van der Waals surface area contributed by atoms with Crippen LogP contribution in [0.1, 0.15) is 12.8 Å². The fourth-order valence-corrected chi connectivity index (χ4v) is 6.06. The van der Waals surface area contributed by atoms with Gasteiger partial charge in [-0.3, -0.25) is 9.59 Å². The summed E-state index contributed by atoms with van der Waals surface area (Å²) in [6.45, 7) is 14.3. The van der Waals surface area contributed by atoms with Crippen molar-refractivity contribution in [3.63, 3.8) is 0 Å². The summed E-state index contributed by atoms with van der Waals surface area (Å²) in [4.78, 5) is 28.0. The molecule has 0 aromatic heterocycles. The molecule has 0 N–H and O–H groups in total. The van der Waals surface area contributed by atoms with Crippen LogP contribution in [-0.2, 0) is 27.3 Å². The number of para-hydroxylation sites is 1. The van der Waals surface area contributed by atoms with E-state index in [4.69, 9.17) is 17.7 Å². The molecular formula is C22H41NO6Si3. The number of hydrogen-bond donors (Lipinski definition) is 0. The van der Waals surface area contributed by atoms with Gasteiger partial charge in [0.25, 0.3) is 5.97 Å². The molecule has 0 fully saturated rings. The average molecular weight is 500 g/mol. The Bertz CT molecular complexity index is 729. The van der Waals surface area contributed by atoms with Gasteiger partial charge in [-0.2, -0.15) is 0 Å². The van der Waals surface area contributed by atoms with Crippen molar-refractivity contribution < 1.29 is 27.3 Å². The van der Waals surface area contributed by atoms with Crippen LogP contribution < -0.4 is 4.90 Å². The van der Waals surface area contributed by atoms with E-state index >= 15 is 0 Å². The summed E-state index contributed by atoms with van der Waals surface area (Å²) in [5.41, 5.74) is 0.865. The van der Waals surface area contributed by atoms with E-state index in [9.17, 15) is 9.59 Å². The smallest absolute Gasteiger partial charge is 0.334 e. The number of nitrogens with zero attached hydrogens (tertiary/aromatic N) is 1. The first-order valence-corrected chi connectivity index (χ1v) is 20.4. The molecule has 0 saturated carbocycles. The molecule has 1 atom stereocenters. The van der Waals surface area contributed by atoms with Gasteiger partial charge in [-0.15, -0.1) is 0 Å². The summed E-state index contributed by atoms with van der Waals surface area (Å²) in [5, 5.41) is 0. The Morgan fingerprint density at radius 3 is 1.88 bits per heavy atom. The number of carbonyl (C=O) groups excluding carboxylic acids is 2. The highest BCUT2D eigenvalue weighted by Crippen LogP contribution is 2.24. The molecule has 1 aromatic carbocycles. The summed E-state index contributed by atoms with van der Waals surface area (Å²) in [7, 11) is -3.14. The molecule has 1 unspecified atom stereocenters. The molecule has 7 nitrogen and oxygen atoms in total. The van der Waals surface area contributed by atoms with Crippen molar-refractivity contribution in [1.29, 1.82) is 0 Å². The van der Waals surface area contributed by atoms with Crippen molar-refractivity contribution in [3.05, 3.63) is 30.3 Å². The Labute approximate surface area is 196 Å². The van der Waals surface area contributed by atoms with E-state index in [-0.39, 0.29) is 18.4 Å². The summed E-state index contributed by atoms with van der Waals surface area (Å²) >= 11 is 0. The minimum atomic E-state index is -2.25. The standard InChI is InChI=1S/C22H41NO6Si3/c1-26-32(9,27-2)17-13-16-23(19-14-11-10-12-15-19)20(22(25)29-31(6,7)8)18-21(24)28-30(3,4)5/h10-12,14-15,20H,13,16-18H2,1-9H3. The highest BCUT2D eigenvalue weighted by atomic mass is 28.4. The van der Waals surface area contributed by atoms with Gasteiger partial charge >= 0.3 is 14.5 Å². The van der Waals surface area contributed by atoms with E-state index in [0.717, 1.165) is 18.2 Å². The molecular weight excluding hydrogens is 459 g/mol. The van der Waals surface area contributed by atoms with Gasteiger partial charge in [0, 0.05) is 26.5 Å². The Hall–Kier alpha value is -1.47. The molecule has 0 aliphatic carbocycles. The van der Waals surface area contributed by atoms with Crippen LogP contribution in [-0.4, -0.2) is 63.9 Å². The summed E-state index contributed by atoms with van der Waals surface area (Å²) in [5.74, 6) is -0.741. The lowest BCUT2D eigenvalue weighted by molar-refractivity contribution is -0.143. The molecule has 182 valence electrons. The van der Waals surface area contributed by atoms with Crippen LogP contribution in [0, 0.1) is 0 Å². The predicted octanol–water partition coefficient (Wildman–Crippen LogP) is 4.76.